The van der Waals surface area contributed by atoms with Gasteiger partial charge in [0.25, 0.3) is 0 Å². The maximum atomic E-state index is 11.2. The summed E-state index contributed by atoms with van der Waals surface area (Å²) >= 11 is 5.85. The number of carbonyl (C=O) groups excluding carboxylic acids is 2. The van der Waals surface area contributed by atoms with Crippen molar-refractivity contribution in [2.75, 3.05) is 6.54 Å². The lowest BCUT2D eigenvalue weighted by Gasteiger charge is -2.13. The highest BCUT2D eigenvalue weighted by Crippen LogP contribution is 2.16. The molecule has 5 nitrogen and oxygen atoms in total. The molecule has 0 bridgehead atoms. The molecule has 17 heavy (non-hydrogen) atoms. The lowest BCUT2D eigenvalue weighted by Crippen LogP contribution is -2.41. The Hall–Kier alpha value is -1.59. The summed E-state index contributed by atoms with van der Waals surface area (Å²) in [7, 11) is 0. The number of benzene rings is 1. The van der Waals surface area contributed by atoms with Crippen molar-refractivity contribution < 1.29 is 9.59 Å². The Labute approximate surface area is 104 Å². The number of nitrogens with two attached hydrogens (primary N) is 1. The van der Waals surface area contributed by atoms with E-state index in [9.17, 15) is 9.59 Å². The van der Waals surface area contributed by atoms with E-state index < -0.39 is 11.9 Å². The smallest absolute Gasteiger partial charge is 0.318 e. The fourth-order valence-electron chi connectivity index (χ4n) is 1.32. The third-order valence-electron chi connectivity index (χ3n) is 2.18. The van der Waals surface area contributed by atoms with Gasteiger partial charge in [-0.2, -0.15) is 0 Å². The molecule has 0 radical (unpaired) electrons. The van der Waals surface area contributed by atoms with Gasteiger partial charge in [-0.25, -0.2) is 4.79 Å². The number of halogens is 1. The molecule has 0 aromatic heterocycles. The Balaban J connectivity index is 2.47. The van der Waals surface area contributed by atoms with E-state index in [2.05, 4.69) is 5.32 Å². The van der Waals surface area contributed by atoms with Crippen molar-refractivity contribution in [2.24, 2.45) is 5.73 Å². The van der Waals surface area contributed by atoms with Crippen LogP contribution in [-0.4, -0.2) is 18.5 Å². The van der Waals surface area contributed by atoms with Crippen LogP contribution in [0.15, 0.2) is 24.3 Å². The zero-order valence-corrected chi connectivity index (χ0v) is 10.1. The molecular weight excluding hydrogens is 242 g/mol. The van der Waals surface area contributed by atoms with Gasteiger partial charge in [0.1, 0.15) is 0 Å². The van der Waals surface area contributed by atoms with Crippen molar-refractivity contribution in [3.8, 4) is 0 Å². The van der Waals surface area contributed by atoms with Gasteiger partial charge >= 0.3 is 6.03 Å². The van der Waals surface area contributed by atoms with E-state index in [1.54, 1.807) is 6.07 Å². The molecule has 0 heterocycles. The molecule has 0 spiro atoms. The second-order valence-corrected chi connectivity index (χ2v) is 4.01. The average molecular weight is 256 g/mol. The average Bonchev–Trinajstić information content (AvgIpc) is 2.25. The van der Waals surface area contributed by atoms with Crippen LogP contribution in [0.25, 0.3) is 0 Å². The number of primary amides is 1. The number of nitrogens with one attached hydrogen (secondary N) is 2. The Bertz CT molecular complexity index is 423. The highest BCUT2D eigenvalue weighted by Gasteiger charge is 2.08. The van der Waals surface area contributed by atoms with E-state index in [0.717, 1.165) is 5.56 Å². The first kappa shape index (κ1) is 13.5. The summed E-state index contributed by atoms with van der Waals surface area (Å²) in [5.41, 5.74) is 5.78. The number of urea groups is 1. The molecule has 3 amide bonds. The number of rotatable bonds is 4. The fraction of sp³-hybridized carbons (Fsp3) is 0.273. The standard InChI is InChI=1S/C11H14ClN3O2/c1-7(8-3-2-4-9(12)5-8)14-6-10(16)15-11(13)17/h2-5,7,14H,6H2,1H3,(H3,13,15,16,17). The van der Waals surface area contributed by atoms with E-state index in [1.807, 2.05) is 30.4 Å². The van der Waals surface area contributed by atoms with E-state index in [4.69, 9.17) is 17.3 Å². The maximum absolute atomic E-state index is 11.2. The quantitative estimate of drug-likeness (QED) is 0.756. The second kappa shape index (κ2) is 6.22. The van der Waals surface area contributed by atoms with Crippen LogP contribution < -0.4 is 16.4 Å². The largest absolute Gasteiger partial charge is 0.351 e. The lowest BCUT2D eigenvalue weighted by atomic mass is 10.1. The minimum Gasteiger partial charge on any atom is -0.351 e. The van der Waals surface area contributed by atoms with Crippen LogP contribution in [0.3, 0.4) is 0 Å². The molecule has 1 unspecified atom stereocenters. The molecule has 1 aromatic rings. The molecular formula is C11H14ClN3O2. The third-order valence-corrected chi connectivity index (χ3v) is 2.42. The molecule has 1 atom stereocenters. The first-order valence-electron chi connectivity index (χ1n) is 5.07. The first-order chi connectivity index (χ1) is 7.99. The zero-order chi connectivity index (χ0) is 12.8. The molecule has 0 saturated carbocycles. The van der Waals surface area contributed by atoms with E-state index in [1.165, 1.54) is 0 Å². The summed E-state index contributed by atoms with van der Waals surface area (Å²) < 4.78 is 0. The first-order valence-corrected chi connectivity index (χ1v) is 5.45. The SMILES string of the molecule is CC(NCC(=O)NC(N)=O)c1cccc(Cl)c1. The van der Waals surface area contributed by atoms with Crippen molar-refractivity contribution in [1.82, 2.24) is 10.6 Å². The van der Waals surface area contributed by atoms with Crippen LogP contribution in [0.1, 0.15) is 18.5 Å². The number of amides is 3. The predicted molar refractivity (Wildman–Crippen MR) is 65.6 cm³/mol. The maximum Gasteiger partial charge on any atom is 0.318 e. The molecule has 0 aliphatic carbocycles. The summed E-state index contributed by atoms with van der Waals surface area (Å²) in [4.78, 5) is 21.6. The lowest BCUT2D eigenvalue weighted by molar-refractivity contribution is -0.119. The summed E-state index contributed by atoms with van der Waals surface area (Å²) in [5, 5.41) is 5.56. The minimum atomic E-state index is -0.854. The van der Waals surface area contributed by atoms with Gasteiger partial charge in [-0.15, -0.1) is 0 Å². The van der Waals surface area contributed by atoms with E-state index in [-0.39, 0.29) is 12.6 Å². The van der Waals surface area contributed by atoms with Crippen molar-refractivity contribution in [2.45, 2.75) is 13.0 Å². The second-order valence-electron chi connectivity index (χ2n) is 3.57. The number of hydrogen-bond acceptors (Lipinski definition) is 3. The molecule has 92 valence electrons. The van der Waals surface area contributed by atoms with Gasteiger partial charge < -0.3 is 11.1 Å². The van der Waals surface area contributed by atoms with E-state index >= 15 is 0 Å². The minimum absolute atomic E-state index is 0.0105. The Morgan fingerprint density at radius 1 is 1.47 bits per heavy atom. The van der Waals surface area contributed by atoms with Crippen LogP contribution in [0.2, 0.25) is 5.02 Å². The predicted octanol–water partition coefficient (Wildman–Crippen LogP) is 1.19. The fourth-order valence-corrected chi connectivity index (χ4v) is 1.52. The van der Waals surface area contributed by atoms with Gasteiger partial charge in [0.2, 0.25) is 5.91 Å². The number of carbonyl (C=O) groups is 2. The van der Waals surface area contributed by atoms with Crippen LogP contribution >= 0.6 is 11.6 Å². The summed E-state index contributed by atoms with van der Waals surface area (Å²) in [6.07, 6.45) is 0. The molecule has 6 heteroatoms. The van der Waals surface area contributed by atoms with Gasteiger partial charge in [0, 0.05) is 11.1 Å². The van der Waals surface area contributed by atoms with Gasteiger partial charge in [-0.1, -0.05) is 23.7 Å². The van der Waals surface area contributed by atoms with Crippen LogP contribution in [0, 0.1) is 0 Å². The monoisotopic (exact) mass is 255 g/mol. The number of imide groups is 1. The van der Waals surface area contributed by atoms with Gasteiger partial charge in [0.05, 0.1) is 6.54 Å². The van der Waals surface area contributed by atoms with Crippen molar-refractivity contribution in [1.29, 1.82) is 0 Å². The highest BCUT2D eigenvalue weighted by molar-refractivity contribution is 6.30. The van der Waals surface area contributed by atoms with Crippen LogP contribution in [0.5, 0.6) is 0 Å². The highest BCUT2D eigenvalue weighted by atomic mass is 35.5. The Morgan fingerprint density at radius 3 is 2.76 bits per heavy atom. The summed E-state index contributed by atoms with van der Waals surface area (Å²) in [6.45, 7) is 1.90. The van der Waals surface area contributed by atoms with Crippen LogP contribution in [-0.2, 0) is 4.79 Å². The molecule has 0 aliphatic rings. The number of hydrogen-bond donors (Lipinski definition) is 3. The molecule has 1 rings (SSSR count). The molecule has 1 aromatic carbocycles. The molecule has 0 aliphatic heterocycles. The topological polar surface area (TPSA) is 84.2 Å². The van der Waals surface area contributed by atoms with Gasteiger partial charge in [0.15, 0.2) is 0 Å². The zero-order valence-electron chi connectivity index (χ0n) is 9.37. The van der Waals surface area contributed by atoms with Gasteiger partial charge in [-0.3, -0.25) is 10.1 Å². The summed E-state index contributed by atoms with van der Waals surface area (Å²) in [6, 6.07) is 6.41. The van der Waals surface area contributed by atoms with Crippen molar-refractivity contribution >= 4 is 23.5 Å². The Kier molecular flexibility index (Phi) is 4.93. The van der Waals surface area contributed by atoms with Crippen molar-refractivity contribution in [3.63, 3.8) is 0 Å². The van der Waals surface area contributed by atoms with Crippen molar-refractivity contribution in [3.05, 3.63) is 34.9 Å². The van der Waals surface area contributed by atoms with E-state index in [0.29, 0.717) is 5.02 Å². The molecule has 4 N–H and O–H groups in total. The third kappa shape index (κ3) is 4.84. The van der Waals surface area contributed by atoms with Crippen LogP contribution in [0.4, 0.5) is 4.79 Å². The normalized spacial score (nSPS) is 11.9. The summed E-state index contributed by atoms with van der Waals surface area (Å²) in [5.74, 6) is -0.466. The molecule has 0 fully saturated rings. The molecule has 0 saturated heterocycles. The Morgan fingerprint density at radius 2 is 2.18 bits per heavy atom. The van der Waals surface area contributed by atoms with Gasteiger partial charge in [-0.05, 0) is 24.6 Å².